The summed E-state index contributed by atoms with van der Waals surface area (Å²) in [6, 6.07) is 9.30. The van der Waals surface area contributed by atoms with Crippen molar-refractivity contribution < 1.29 is 4.74 Å². The summed E-state index contributed by atoms with van der Waals surface area (Å²) in [6.45, 7) is 9.58. The van der Waals surface area contributed by atoms with Crippen LogP contribution in [0.4, 0.5) is 5.69 Å². The Kier molecular flexibility index (Phi) is 4.48. The first-order chi connectivity index (χ1) is 9.05. The molecule has 0 radical (unpaired) electrons. The van der Waals surface area contributed by atoms with Gasteiger partial charge in [-0.15, -0.1) is 0 Å². The Labute approximate surface area is 116 Å². The van der Waals surface area contributed by atoms with Gasteiger partial charge in [0, 0.05) is 37.5 Å². The Morgan fingerprint density at radius 2 is 2.21 bits per heavy atom. The van der Waals surface area contributed by atoms with Crippen LogP contribution in [-0.4, -0.2) is 31.8 Å². The second kappa shape index (κ2) is 5.93. The molecule has 1 fully saturated rings. The van der Waals surface area contributed by atoms with E-state index < -0.39 is 0 Å². The summed E-state index contributed by atoms with van der Waals surface area (Å²) in [6.07, 6.45) is 1.16. The smallest absolute Gasteiger partial charge is 0.0713 e. The summed E-state index contributed by atoms with van der Waals surface area (Å²) in [7, 11) is 1.75. The van der Waals surface area contributed by atoms with Crippen LogP contribution >= 0.6 is 0 Å². The monoisotopic (exact) mass is 262 g/mol. The number of anilines is 1. The van der Waals surface area contributed by atoms with Crippen LogP contribution in [0, 0.1) is 0 Å². The maximum absolute atomic E-state index is 5.23. The number of benzene rings is 1. The van der Waals surface area contributed by atoms with Crippen molar-refractivity contribution in [3.8, 4) is 0 Å². The standard InChI is InChI=1S/C16H26N2O/c1-5-14-10-17-16(2,3)12-18(14)15-8-6-7-13(9-15)11-19-4/h6-9,14,17H,5,10-12H2,1-4H3. The molecule has 1 saturated heterocycles. The Morgan fingerprint density at radius 1 is 1.42 bits per heavy atom. The first-order valence-electron chi connectivity index (χ1n) is 7.15. The number of rotatable bonds is 4. The normalized spacial score (nSPS) is 22.5. The van der Waals surface area contributed by atoms with Crippen molar-refractivity contribution in [1.82, 2.24) is 5.32 Å². The van der Waals surface area contributed by atoms with E-state index >= 15 is 0 Å². The predicted octanol–water partition coefficient (Wildman–Crippen LogP) is 2.80. The summed E-state index contributed by atoms with van der Waals surface area (Å²) in [4.78, 5) is 2.54. The molecule has 0 spiro atoms. The van der Waals surface area contributed by atoms with Crippen molar-refractivity contribution in [2.75, 3.05) is 25.1 Å². The van der Waals surface area contributed by atoms with Gasteiger partial charge < -0.3 is 15.0 Å². The molecule has 0 amide bonds. The van der Waals surface area contributed by atoms with Crippen molar-refractivity contribution in [3.05, 3.63) is 29.8 Å². The number of nitrogens with one attached hydrogen (secondary N) is 1. The lowest BCUT2D eigenvalue weighted by atomic mass is 9.96. The molecule has 2 rings (SSSR count). The topological polar surface area (TPSA) is 24.5 Å². The van der Waals surface area contributed by atoms with E-state index in [0.29, 0.717) is 12.6 Å². The third kappa shape index (κ3) is 3.48. The molecule has 1 aromatic rings. The molecule has 1 aliphatic rings. The second-order valence-corrected chi connectivity index (χ2v) is 6.06. The third-order valence-corrected chi connectivity index (χ3v) is 3.85. The van der Waals surface area contributed by atoms with Crippen molar-refractivity contribution in [2.24, 2.45) is 0 Å². The van der Waals surface area contributed by atoms with Crippen molar-refractivity contribution >= 4 is 5.69 Å². The Hall–Kier alpha value is -1.06. The van der Waals surface area contributed by atoms with Crippen LogP contribution in [0.5, 0.6) is 0 Å². The molecule has 1 aliphatic heterocycles. The average Bonchev–Trinajstić information content (AvgIpc) is 2.38. The molecule has 3 heteroatoms. The summed E-state index contributed by atoms with van der Waals surface area (Å²) in [5, 5.41) is 3.63. The second-order valence-electron chi connectivity index (χ2n) is 6.06. The van der Waals surface area contributed by atoms with Crippen LogP contribution in [0.1, 0.15) is 32.8 Å². The highest BCUT2D eigenvalue weighted by molar-refractivity contribution is 5.50. The van der Waals surface area contributed by atoms with E-state index in [0.717, 1.165) is 19.5 Å². The van der Waals surface area contributed by atoms with E-state index in [1.807, 2.05) is 0 Å². The zero-order valence-corrected chi connectivity index (χ0v) is 12.6. The molecular weight excluding hydrogens is 236 g/mol. The number of piperazine rings is 1. The predicted molar refractivity (Wildman–Crippen MR) is 80.7 cm³/mol. The molecule has 1 heterocycles. The third-order valence-electron chi connectivity index (χ3n) is 3.85. The Bertz CT molecular complexity index is 417. The minimum Gasteiger partial charge on any atom is -0.380 e. The number of ether oxygens (including phenoxy) is 1. The van der Waals surface area contributed by atoms with Gasteiger partial charge in [0.1, 0.15) is 0 Å². The lowest BCUT2D eigenvalue weighted by Crippen LogP contribution is -2.61. The van der Waals surface area contributed by atoms with Crippen LogP contribution < -0.4 is 10.2 Å². The van der Waals surface area contributed by atoms with Crippen molar-refractivity contribution in [3.63, 3.8) is 0 Å². The van der Waals surface area contributed by atoms with Gasteiger partial charge in [-0.3, -0.25) is 0 Å². The zero-order valence-electron chi connectivity index (χ0n) is 12.6. The minimum atomic E-state index is 0.170. The van der Waals surface area contributed by atoms with Gasteiger partial charge in [0.15, 0.2) is 0 Å². The van der Waals surface area contributed by atoms with E-state index in [-0.39, 0.29) is 5.54 Å². The van der Waals surface area contributed by atoms with E-state index in [1.165, 1.54) is 11.3 Å². The maximum Gasteiger partial charge on any atom is 0.0713 e. The molecule has 1 aromatic carbocycles. The molecule has 0 saturated carbocycles. The molecule has 0 aliphatic carbocycles. The maximum atomic E-state index is 5.23. The van der Waals surface area contributed by atoms with Gasteiger partial charge >= 0.3 is 0 Å². The summed E-state index contributed by atoms with van der Waals surface area (Å²) < 4.78 is 5.23. The SMILES string of the molecule is CCC1CNC(C)(C)CN1c1cccc(COC)c1. The van der Waals surface area contributed by atoms with Gasteiger partial charge in [0.05, 0.1) is 6.61 Å². The first-order valence-corrected chi connectivity index (χ1v) is 7.15. The highest BCUT2D eigenvalue weighted by Crippen LogP contribution is 2.25. The van der Waals surface area contributed by atoms with Gasteiger partial charge in [-0.25, -0.2) is 0 Å². The van der Waals surface area contributed by atoms with E-state index in [2.05, 4.69) is 55.3 Å². The van der Waals surface area contributed by atoms with Crippen molar-refractivity contribution in [1.29, 1.82) is 0 Å². The first kappa shape index (κ1) is 14.4. The minimum absolute atomic E-state index is 0.170. The van der Waals surface area contributed by atoms with E-state index in [9.17, 15) is 0 Å². The Balaban J connectivity index is 2.23. The number of methoxy groups -OCH3 is 1. The fraction of sp³-hybridized carbons (Fsp3) is 0.625. The fourth-order valence-corrected chi connectivity index (χ4v) is 2.77. The molecule has 0 bridgehead atoms. The van der Waals surface area contributed by atoms with Gasteiger partial charge in [-0.05, 0) is 38.0 Å². The highest BCUT2D eigenvalue weighted by Gasteiger charge is 2.31. The van der Waals surface area contributed by atoms with E-state index in [1.54, 1.807) is 7.11 Å². The molecular formula is C16H26N2O. The summed E-state index contributed by atoms with van der Waals surface area (Å²) in [5.74, 6) is 0. The number of hydrogen-bond acceptors (Lipinski definition) is 3. The van der Waals surface area contributed by atoms with Crippen molar-refractivity contribution in [2.45, 2.75) is 45.4 Å². The van der Waals surface area contributed by atoms with Crippen LogP contribution in [-0.2, 0) is 11.3 Å². The summed E-state index contributed by atoms with van der Waals surface area (Å²) >= 11 is 0. The van der Waals surface area contributed by atoms with Gasteiger partial charge in [-0.1, -0.05) is 19.1 Å². The summed E-state index contributed by atoms with van der Waals surface area (Å²) in [5.41, 5.74) is 2.73. The van der Waals surface area contributed by atoms with Gasteiger partial charge in [-0.2, -0.15) is 0 Å². The average molecular weight is 262 g/mol. The fourth-order valence-electron chi connectivity index (χ4n) is 2.77. The largest absolute Gasteiger partial charge is 0.380 e. The molecule has 1 N–H and O–H groups in total. The molecule has 0 aromatic heterocycles. The number of hydrogen-bond donors (Lipinski definition) is 1. The van der Waals surface area contributed by atoms with Crippen LogP contribution in [0.25, 0.3) is 0 Å². The van der Waals surface area contributed by atoms with Crippen LogP contribution in [0.2, 0.25) is 0 Å². The molecule has 1 unspecified atom stereocenters. The lowest BCUT2D eigenvalue weighted by molar-refractivity contribution is 0.185. The highest BCUT2D eigenvalue weighted by atomic mass is 16.5. The van der Waals surface area contributed by atoms with E-state index in [4.69, 9.17) is 4.74 Å². The number of nitrogens with zero attached hydrogens (tertiary/aromatic N) is 1. The molecule has 106 valence electrons. The quantitative estimate of drug-likeness (QED) is 0.903. The van der Waals surface area contributed by atoms with Gasteiger partial charge in [0.2, 0.25) is 0 Å². The van der Waals surface area contributed by atoms with Crippen LogP contribution in [0.3, 0.4) is 0 Å². The molecule has 1 atom stereocenters. The van der Waals surface area contributed by atoms with Gasteiger partial charge in [0.25, 0.3) is 0 Å². The molecule has 19 heavy (non-hydrogen) atoms. The Morgan fingerprint density at radius 3 is 2.89 bits per heavy atom. The van der Waals surface area contributed by atoms with Crippen LogP contribution in [0.15, 0.2) is 24.3 Å². The lowest BCUT2D eigenvalue weighted by Gasteiger charge is -2.46. The zero-order chi connectivity index (χ0) is 13.9. The molecule has 3 nitrogen and oxygen atoms in total.